The van der Waals surface area contributed by atoms with Gasteiger partial charge in [-0.1, -0.05) is 30.3 Å². The molecule has 0 bridgehead atoms. The van der Waals surface area contributed by atoms with E-state index in [4.69, 9.17) is 0 Å². The lowest BCUT2D eigenvalue weighted by Gasteiger charge is -2.22. The minimum absolute atomic E-state index is 0.101. The van der Waals surface area contributed by atoms with Crippen LogP contribution in [-0.4, -0.2) is 28.2 Å². The molecule has 0 amide bonds. The van der Waals surface area contributed by atoms with Gasteiger partial charge in [0.2, 0.25) is 7.37 Å². The van der Waals surface area contributed by atoms with E-state index in [1.807, 2.05) is 0 Å². The van der Waals surface area contributed by atoms with Crippen LogP contribution in [0.2, 0.25) is 0 Å². The lowest BCUT2D eigenvalue weighted by Crippen LogP contribution is -2.13. The average molecular weight is 256 g/mol. The molecule has 1 aliphatic heterocycles. The van der Waals surface area contributed by atoms with E-state index in [1.54, 1.807) is 30.3 Å². The number of rotatable bonds is 3. The molecule has 0 aliphatic carbocycles. The first-order valence-corrected chi connectivity index (χ1v) is 7.02. The quantitative estimate of drug-likeness (QED) is 0.628. The van der Waals surface area contributed by atoms with Gasteiger partial charge < -0.3 is 14.7 Å². The summed E-state index contributed by atoms with van der Waals surface area (Å²) in [4.78, 5) is 20.9. The van der Waals surface area contributed by atoms with E-state index >= 15 is 0 Å². The fourth-order valence-electron chi connectivity index (χ4n) is 1.78. The Labute approximate surface area is 98.5 Å². The van der Waals surface area contributed by atoms with E-state index in [2.05, 4.69) is 4.74 Å². The van der Waals surface area contributed by atoms with Gasteiger partial charge in [0.15, 0.2) is 5.85 Å². The lowest BCUT2D eigenvalue weighted by molar-refractivity contribution is -0.137. The summed E-state index contributed by atoms with van der Waals surface area (Å²) in [6.07, 6.45) is -0.113. The van der Waals surface area contributed by atoms with Crippen LogP contribution in [0.3, 0.4) is 0 Å². The molecule has 0 spiro atoms. The number of carbonyl (C=O) groups is 1. The summed E-state index contributed by atoms with van der Waals surface area (Å²) >= 11 is 0. The summed E-state index contributed by atoms with van der Waals surface area (Å²) in [6, 6.07) is 8.25. The molecule has 2 rings (SSSR count). The molecule has 1 aromatic rings. The topological polar surface area (TPSA) is 83.8 Å². The van der Waals surface area contributed by atoms with Gasteiger partial charge in [0.05, 0.1) is 12.1 Å². The summed E-state index contributed by atoms with van der Waals surface area (Å²) in [5.74, 6) is -1.97. The standard InChI is InChI=1S/C11H13O5P/c12-10-6-9(7-16-10)17(14,15)11(13)8-4-2-1-3-5-8/h1-5,9,11,13H,6-7H2,(H,14,15). The van der Waals surface area contributed by atoms with Crippen molar-refractivity contribution in [3.8, 4) is 0 Å². The van der Waals surface area contributed by atoms with Crippen molar-refractivity contribution in [2.45, 2.75) is 17.9 Å². The third-order valence-electron chi connectivity index (χ3n) is 2.81. The Morgan fingerprint density at radius 3 is 2.53 bits per heavy atom. The van der Waals surface area contributed by atoms with Crippen molar-refractivity contribution in [1.82, 2.24) is 0 Å². The first-order chi connectivity index (χ1) is 8.01. The van der Waals surface area contributed by atoms with Crippen LogP contribution >= 0.6 is 7.37 Å². The van der Waals surface area contributed by atoms with Crippen LogP contribution < -0.4 is 0 Å². The van der Waals surface area contributed by atoms with E-state index in [0.29, 0.717) is 5.56 Å². The summed E-state index contributed by atoms with van der Waals surface area (Å²) in [7, 11) is -3.88. The third-order valence-corrected chi connectivity index (χ3v) is 5.19. The summed E-state index contributed by atoms with van der Waals surface area (Å²) < 4.78 is 16.8. The molecule has 1 heterocycles. The predicted octanol–water partition coefficient (Wildman–Crippen LogP) is 1.26. The van der Waals surface area contributed by atoms with Gasteiger partial charge in [-0.2, -0.15) is 0 Å². The van der Waals surface area contributed by atoms with Crippen LogP contribution in [0.15, 0.2) is 30.3 Å². The van der Waals surface area contributed by atoms with Gasteiger partial charge in [-0.3, -0.25) is 9.36 Å². The number of ether oxygens (including phenoxy) is 1. The molecule has 2 N–H and O–H groups in total. The number of hydrogen-bond donors (Lipinski definition) is 2. The van der Waals surface area contributed by atoms with Crippen molar-refractivity contribution in [3.63, 3.8) is 0 Å². The molecule has 3 atom stereocenters. The Morgan fingerprint density at radius 2 is 2.00 bits per heavy atom. The van der Waals surface area contributed by atoms with Gasteiger partial charge in [-0.05, 0) is 5.56 Å². The molecule has 1 saturated heterocycles. The maximum atomic E-state index is 12.1. The second-order valence-corrected chi connectivity index (χ2v) is 6.56. The van der Waals surface area contributed by atoms with Gasteiger partial charge in [0.25, 0.3) is 0 Å². The molecule has 1 fully saturated rings. The molecule has 5 nitrogen and oxygen atoms in total. The zero-order valence-corrected chi connectivity index (χ0v) is 9.92. The predicted molar refractivity (Wildman–Crippen MR) is 60.6 cm³/mol. The Balaban J connectivity index is 2.21. The Hall–Kier alpha value is -1.16. The average Bonchev–Trinajstić information content (AvgIpc) is 2.77. The highest BCUT2D eigenvalue weighted by atomic mass is 31.2. The van der Waals surface area contributed by atoms with Crippen LogP contribution in [0.5, 0.6) is 0 Å². The maximum Gasteiger partial charge on any atom is 0.306 e. The highest BCUT2D eigenvalue weighted by molar-refractivity contribution is 7.59. The molecular weight excluding hydrogens is 243 g/mol. The number of carbonyl (C=O) groups excluding carboxylic acids is 1. The van der Waals surface area contributed by atoms with Gasteiger partial charge in [0.1, 0.15) is 6.61 Å². The monoisotopic (exact) mass is 256 g/mol. The van der Waals surface area contributed by atoms with Crippen LogP contribution in [0.1, 0.15) is 17.8 Å². The molecule has 0 radical (unpaired) electrons. The zero-order chi connectivity index (χ0) is 12.5. The van der Waals surface area contributed by atoms with Crippen molar-refractivity contribution in [2.24, 2.45) is 0 Å². The number of aliphatic hydroxyl groups excluding tert-OH is 1. The van der Waals surface area contributed by atoms with Crippen LogP contribution in [0.4, 0.5) is 0 Å². The number of aliphatic hydroxyl groups is 1. The Bertz CT molecular complexity index is 458. The van der Waals surface area contributed by atoms with Crippen molar-refractivity contribution in [1.29, 1.82) is 0 Å². The fraction of sp³-hybridized carbons (Fsp3) is 0.364. The number of benzene rings is 1. The molecule has 1 aromatic carbocycles. The molecule has 92 valence electrons. The lowest BCUT2D eigenvalue weighted by atomic mass is 10.2. The first kappa shape index (κ1) is 12.3. The second kappa shape index (κ2) is 4.61. The minimum Gasteiger partial charge on any atom is -0.465 e. The third kappa shape index (κ3) is 2.41. The largest absolute Gasteiger partial charge is 0.465 e. The normalized spacial score (nSPS) is 25.1. The van der Waals surface area contributed by atoms with E-state index in [-0.39, 0.29) is 13.0 Å². The van der Waals surface area contributed by atoms with Crippen molar-refractivity contribution < 1.29 is 24.1 Å². The van der Waals surface area contributed by atoms with Gasteiger partial charge in [0, 0.05) is 0 Å². The van der Waals surface area contributed by atoms with Crippen LogP contribution in [-0.2, 0) is 14.1 Å². The molecule has 3 unspecified atom stereocenters. The van der Waals surface area contributed by atoms with Crippen molar-refractivity contribution >= 4 is 13.3 Å². The molecular formula is C11H13O5P. The van der Waals surface area contributed by atoms with E-state index < -0.39 is 24.8 Å². The molecule has 0 aromatic heterocycles. The van der Waals surface area contributed by atoms with Gasteiger partial charge in [-0.25, -0.2) is 0 Å². The Morgan fingerprint density at radius 1 is 1.35 bits per heavy atom. The summed E-state index contributed by atoms with van der Waals surface area (Å²) in [6.45, 7) is -0.101. The summed E-state index contributed by atoms with van der Waals surface area (Å²) in [5.41, 5.74) is -0.442. The highest BCUT2D eigenvalue weighted by Gasteiger charge is 2.44. The minimum atomic E-state index is -3.88. The highest BCUT2D eigenvalue weighted by Crippen LogP contribution is 2.59. The van der Waals surface area contributed by atoms with E-state index in [1.165, 1.54) is 0 Å². The van der Waals surface area contributed by atoms with E-state index in [9.17, 15) is 19.4 Å². The van der Waals surface area contributed by atoms with Crippen molar-refractivity contribution in [3.05, 3.63) is 35.9 Å². The first-order valence-electron chi connectivity index (χ1n) is 5.22. The molecule has 1 aliphatic rings. The Kier molecular flexibility index (Phi) is 3.33. The second-order valence-electron chi connectivity index (χ2n) is 4.00. The van der Waals surface area contributed by atoms with Gasteiger partial charge >= 0.3 is 5.97 Å². The summed E-state index contributed by atoms with van der Waals surface area (Å²) in [5, 5.41) is 9.91. The molecule has 17 heavy (non-hydrogen) atoms. The number of cyclic esters (lactones) is 1. The smallest absolute Gasteiger partial charge is 0.306 e. The van der Waals surface area contributed by atoms with E-state index in [0.717, 1.165) is 0 Å². The molecule has 6 heteroatoms. The SMILES string of the molecule is O=C1CC(P(=O)(O)C(O)c2ccccc2)CO1. The van der Waals surface area contributed by atoms with Crippen LogP contribution in [0, 0.1) is 0 Å². The van der Waals surface area contributed by atoms with Crippen molar-refractivity contribution in [2.75, 3.05) is 6.61 Å². The number of hydrogen-bond acceptors (Lipinski definition) is 4. The van der Waals surface area contributed by atoms with Crippen LogP contribution in [0.25, 0.3) is 0 Å². The number of esters is 1. The van der Waals surface area contributed by atoms with Gasteiger partial charge in [-0.15, -0.1) is 0 Å². The zero-order valence-electron chi connectivity index (χ0n) is 9.02. The fourth-order valence-corrected chi connectivity index (χ4v) is 3.47. The maximum absolute atomic E-state index is 12.1. The molecule has 0 saturated carbocycles.